The minimum absolute atomic E-state index is 1.14. The van der Waals surface area contributed by atoms with E-state index in [9.17, 15) is 0 Å². The third-order valence-corrected chi connectivity index (χ3v) is 2.70. The third kappa shape index (κ3) is 2.10. The Morgan fingerprint density at radius 1 is 1.00 bits per heavy atom. The minimum atomic E-state index is 1.14. The van der Waals surface area contributed by atoms with Crippen molar-refractivity contribution in [3.8, 4) is 0 Å². The lowest BCUT2D eigenvalue weighted by Crippen LogP contribution is -1.84. The standard InChI is InChI=1S/C12H11Br/c13-12-8-6-11(7-9-12)10-4-2-1-3-5-10/h2,4-9H,1,3H2. The number of hydrogen-bond donors (Lipinski definition) is 0. The monoisotopic (exact) mass is 234 g/mol. The molecular formula is C12H11Br. The Kier molecular flexibility index (Phi) is 2.65. The lowest BCUT2D eigenvalue weighted by atomic mass is 10.00. The quantitative estimate of drug-likeness (QED) is 0.684. The van der Waals surface area contributed by atoms with E-state index < -0.39 is 0 Å². The predicted molar refractivity (Wildman–Crippen MR) is 60.5 cm³/mol. The summed E-state index contributed by atoms with van der Waals surface area (Å²) < 4.78 is 1.14. The van der Waals surface area contributed by atoms with Crippen LogP contribution in [0.5, 0.6) is 0 Å². The molecule has 0 atom stereocenters. The molecule has 0 heterocycles. The molecule has 0 spiro atoms. The van der Waals surface area contributed by atoms with Gasteiger partial charge in [-0.3, -0.25) is 0 Å². The maximum absolute atomic E-state index is 3.43. The topological polar surface area (TPSA) is 0 Å². The molecule has 2 rings (SSSR count). The van der Waals surface area contributed by atoms with Crippen molar-refractivity contribution in [2.24, 2.45) is 0 Å². The molecule has 0 saturated carbocycles. The SMILES string of the molecule is Brc1ccc(C2=CCCC=C2)cc1. The van der Waals surface area contributed by atoms with Gasteiger partial charge < -0.3 is 0 Å². The fourth-order valence-electron chi connectivity index (χ4n) is 1.47. The number of benzene rings is 1. The van der Waals surface area contributed by atoms with E-state index in [0.717, 1.165) is 4.47 Å². The van der Waals surface area contributed by atoms with Crippen LogP contribution in [-0.2, 0) is 0 Å². The second-order valence-corrected chi connectivity index (χ2v) is 4.06. The zero-order chi connectivity index (χ0) is 9.10. The van der Waals surface area contributed by atoms with Crippen LogP contribution in [0.15, 0.2) is 47.0 Å². The molecule has 0 amide bonds. The molecule has 0 aliphatic heterocycles. The first-order valence-electron chi connectivity index (χ1n) is 4.49. The van der Waals surface area contributed by atoms with Crippen LogP contribution in [-0.4, -0.2) is 0 Å². The van der Waals surface area contributed by atoms with E-state index in [0.29, 0.717) is 0 Å². The van der Waals surface area contributed by atoms with Gasteiger partial charge in [0.15, 0.2) is 0 Å². The average molecular weight is 235 g/mol. The van der Waals surface area contributed by atoms with Crippen LogP contribution >= 0.6 is 15.9 Å². The summed E-state index contributed by atoms with van der Waals surface area (Å²) in [5.41, 5.74) is 2.65. The smallest absolute Gasteiger partial charge is 0.0175 e. The van der Waals surface area contributed by atoms with Crippen molar-refractivity contribution in [2.75, 3.05) is 0 Å². The molecule has 1 heteroatoms. The second-order valence-electron chi connectivity index (χ2n) is 3.15. The molecule has 1 aromatic rings. The summed E-state index contributed by atoms with van der Waals surface area (Å²) in [6, 6.07) is 8.45. The van der Waals surface area contributed by atoms with E-state index in [4.69, 9.17) is 0 Å². The third-order valence-electron chi connectivity index (χ3n) is 2.17. The molecule has 0 unspecified atom stereocenters. The molecule has 0 fully saturated rings. The molecule has 0 bridgehead atoms. The maximum Gasteiger partial charge on any atom is 0.0175 e. The van der Waals surface area contributed by atoms with E-state index >= 15 is 0 Å². The first-order valence-corrected chi connectivity index (χ1v) is 5.28. The Morgan fingerprint density at radius 2 is 1.77 bits per heavy atom. The average Bonchev–Trinajstić information content (AvgIpc) is 2.20. The van der Waals surface area contributed by atoms with Gasteiger partial charge in [-0.05, 0) is 36.1 Å². The Hall–Kier alpha value is -0.820. The van der Waals surface area contributed by atoms with E-state index in [-0.39, 0.29) is 0 Å². The first-order chi connectivity index (χ1) is 6.36. The zero-order valence-electron chi connectivity index (χ0n) is 7.33. The lowest BCUT2D eigenvalue weighted by Gasteiger charge is -2.06. The largest absolute Gasteiger partial charge is 0.0836 e. The minimum Gasteiger partial charge on any atom is -0.0836 e. The van der Waals surface area contributed by atoms with E-state index in [1.165, 1.54) is 24.0 Å². The molecule has 66 valence electrons. The fraction of sp³-hybridized carbons (Fsp3) is 0.167. The molecule has 0 saturated heterocycles. The summed E-state index contributed by atoms with van der Waals surface area (Å²) in [5.74, 6) is 0. The highest BCUT2D eigenvalue weighted by atomic mass is 79.9. The summed E-state index contributed by atoms with van der Waals surface area (Å²) in [6.07, 6.45) is 9.08. The predicted octanol–water partition coefficient (Wildman–Crippen LogP) is 4.18. The van der Waals surface area contributed by atoms with Crippen molar-refractivity contribution in [3.05, 3.63) is 52.5 Å². The highest BCUT2D eigenvalue weighted by Gasteiger charge is 1.99. The van der Waals surface area contributed by atoms with Gasteiger partial charge in [0.2, 0.25) is 0 Å². The molecule has 1 aromatic carbocycles. The van der Waals surface area contributed by atoms with Crippen LogP contribution in [0.3, 0.4) is 0 Å². The van der Waals surface area contributed by atoms with Crippen molar-refractivity contribution in [2.45, 2.75) is 12.8 Å². The molecule has 0 radical (unpaired) electrons. The molecule has 1 aliphatic rings. The Labute approximate surface area is 87.1 Å². The number of hydrogen-bond acceptors (Lipinski definition) is 0. The van der Waals surface area contributed by atoms with Gasteiger partial charge in [-0.2, -0.15) is 0 Å². The number of halogens is 1. The van der Waals surface area contributed by atoms with Gasteiger partial charge in [0.1, 0.15) is 0 Å². The number of allylic oxidation sites excluding steroid dienone is 4. The van der Waals surface area contributed by atoms with Gasteiger partial charge in [0, 0.05) is 4.47 Å². The lowest BCUT2D eigenvalue weighted by molar-refractivity contribution is 1.04. The Bertz CT molecular complexity index is 344. The van der Waals surface area contributed by atoms with Crippen LogP contribution in [0.4, 0.5) is 0 Å². The van der Waals surface area contributed by atoms with Crippen LogP contribution in [0.2, 0.25) is 0 Å². The number of rotatable bonds is 1. The molecule has 13 heavy (non-hydrogen) atoms. The van der Waals surface area contributed by atoms with E-state index in [2.05, 4.69) is 58.4 Å². The highest BCUT2D eigenvalue weighted by Crippen LogP contribution is 2.22. The molecule has 0 nitrogen and oxygen atoms in total. The summed E-state index contributed by atoms with van der Waals surface area (Å²) >= 11 is 3.43. The summed E-state index contributed by atoms with van der Waals surface area (Å²) in [6.45, 7) is 0. The van der Waals surface area contributed by atoms with Gasteiger partial charge >= 0.3 is 0 Å². The van der Waals surface area contributed by atoms with Crippen molar-refractivity contribution in [1.82, 2.24) is 0 Å². The van der Waals surface area contributed by atoms with E-state index in [1.807, 2.05) is 0 Å². The van der Waals surface area contributed by atoms with Gasteiger partial charge in [-0.15, -0.1) is 0 Å². The summed E-state index contributed by atoms with van der Waals surface area (Å²) in [4.78, 5) is 0. The first kappa shape index (κ1) is 8.76. The zero-order valence-corrected chi connectivity index (χ0v) is 8.92. The molecule has 0 N–H and O–H groups in total. The molecular weight excluding hydrogens is 224 g/mol. The Morgan fingerprint density at radius 3 is 2.38 bits per heavy atom. The Balaban J connectivity index is 2.30. The molecule has 1 aliphatic carbocycles. The van der Waals surface area contributed by atoms with Gasteiger partial charge in [-0.1, -0.05) is 46.3 Å². The highest BCUT2D eigenvalue weighted by molar-refractivity contribution is 9.10. The second kappa shape index (κ2) is 3.93. The van der Waals surface area contributed by atoms with Gasteiger partial charge in [0.05, 0.1) is 0 Å². The molecule has 0 aromatic heterocycles. The van der Waals surface area contributed by atoms with Crippen LogP contribution in [0, 0.1) is 0 Å². The van der Waals surface area contributed by atoms with Crippen molar-refractivity contribution >= 4 is 21.5 Å². The van der Waals surface area contributed by atoms with Crippen molar-refractivity contribution < 1.29 is 0 Å². The maximum atomic E-state index is 3.43. The van der Waals surface area contributed by atoms with Gasteiger partial charge in [0.25, 0.3) is 0 Å². The van der Waals surface area contributed by atoms with Crippen molar-refractivity contribution in [3.63, 3.8) is 0 Å². The summed E-state index contributed by atoms with van der Waals surface area (Å²) in [7, 11) is 0. The summed E-state index contributed by atoms with van der Waals surface area (Å²) in [5, 5.41) is 0. The fourth-order valence-corrected chi connectivity index (χ4v) is 1.73. The normalized spacial score (nSPS) is 15.6. The van der Waals surface area contributed by atoms with E-state index in [1.54, 1.807) is 0 Å². The van der Waals surface area contributed by atoms with Crippen LogP contribution < -0.4 is 0 Å². The van der Waals surface area contributed by atoms with Crippen molar-refractivity contribution in [1.29, 1.82) is 0 Å². The van der Waals surface area contributed by atoms with Gasteiger partial charge in [-0.25, -0.2) is 0 Å². The van der Waals surface area contributed by atoms with Crippen LogP contribution in [0.1, 0.15) is 18.4 Å². The van der Waals surface area contributed by atoms with Crippen LogP contribution in [0.25, 0.3) is 5.57 Å².